The van der Waals surface area contributed by atoms with Gasteiger partial charge in [0.05, 0.1) is 0 Å². The van der Waals surface area contributed by atoms with Gasteiger partial charge >= 0.3 is 0 Å². The first kappa shape index (κ1) is 11.4. The lowest BCUT2D eigenvalue weighted by Crippen LogP contribution is -2.44. The second-order valence-electron chi connectivity index (χ2n) is 4.26. The minimum Gasteiger partial charge on any atom is -0.327 e. The van der Waals surface area contributed by atoms with Gasteiger partial charge in [-0.05, 0) is 17.8 Å². The van der Waals surface area contributed by atoms with Crippen LogP contribution in [0.1, 0.15) is 27.7 Å². The number of hydrogen-bond donors (Lipinski definition) is 0. The largest absolute Gasteiger partial charge is 0.327 e. The fourth-order valence-electron chi connectivity index (χ4n) is 1.32. The zero-order chi connectivity index (χ0) is 9.07. The number of hydrogen-bond acceptors (Lipinski definition) is 1. The molecule has 0 bridgehead atoms. The fourth-order valence-corrected chi connectivity index (χ4v) is 4.61. The maximum atomic E-state index is 2.67. The van der Waals surface area contributed by atoms with Crippen molar-refractivity contribution in [2.75, 3.05) is 13.1 Å². The molecule has 3 heteroatoms. The summed E-state index contributed by atoms with van der Waals surface area (Å²) in [6.45, 7) is 14.4. The van der Waals surface area contributed by atoms with Crippen LogP contribution in [0.15, 0.2) is 0 Å². The Morgan fingerprint density at radius 2 is 1.64 bits per heavy atom. The summed E-state index contributed by atoms with van der Waals surface area (Å²) < 4.78 is 3.36. The Morgan fingerprint density at radius 3 is 1.73 bits per heavy atom. The number of rotatable bonds is 4. The van der Waals surface area contributed by atoms with Crippen molar-refractivity contribution in [2.45, 2.75) is 38.9 Å². The summed E-state index contributed by atoms with van der Waals surface area (Å²) in [4.78, 5) is 0. The van der Waals surface area contributed by atoms with Crippen LogP contribution in [-0.4, -0.2) is 36.9 Å². The van der Waals surface area contributed by atoms with Crippen molar-refractivity contribution >= 4 is 19.2 Å². The summed E-state index contributed by atoms with van der Waals surface area (Å²) in [7, 11) is 0.729. The molecule has 0 fully saturated rings. The molecule has 0 aromatic heterocycles. The molecule has 1 nitrogen and oxygen atoms in total. The van der Waals surface area contributed by atoms with E-state index in [9.17, 15) is 0 Å². The van der Waals surface area contributed by atoms with E-state index in [1.807, 2.05) is 0 Å². The maximum absolute atomic E-state index is 2.67. The van der Waals surface area contributed by atoms with Gasteiger partial charge in [-0.1, -0.05) is 34.2 Å². The Morgan fingerprint density at radius 1 is 1.27 bits per heavy atom. The fraction of sp³-hybridized carbons (Fsp3) is 1.00. The van der Waals surface area contributed by atoms with Crippen molar-refractivity contribution in [3.05, 3.63) is 0 Å². The van der Waals surface area contributed by atoms with E-state index in [1.54, 1.807) is 0 Å². The SMILES string of the molecule is CCN(CC)[SiH](C)C(C)(C)[SiH3]. The van der Waals surface area contributed by atoms with Crippen molar-refractivity contribution in [3.8, 4) is 0 Å². The van der Waals surface area contributed by atoms with Gasteiger partial charge in [0.15, 0.2) is 0 Å². The predicted octanol–water partition coefficient (Wildman–Crippen LogP) is 0.785. The van der Waals surface area contributed by atoms with Gasteiger partial charge in [-0.15, -0.1) is 0 Å². The molecule has 0 aromatic carbocycles. The summed E-state index contributed by atoms with van der Waals surface area (Å²) in [5, 5.41) is 0. The van der Waals surface area contributed by atoms with Crippen LogP contribution in [0.4, 0.5) is 0 Å². The molecule has 0 heterocycles. The van der Waals surface area contributed by atoms with E-state index in [0.717, 1.165) is 0 Å². The maximum Gasteiger partial charge on any atom is 0.110 e. The average Bonchev–Trinajstić information content (AvgIpc) is 1.88. The summed E-state index contributed by atoms with van der Waals surface area (Å²) >= 11 is 0. The van der Waals surface area contributed by atoms with Gasteiger partial charge in [-0.3, -0.25) is 0 Å². The van der Waals surface area contributed by atoms with Crippen LogP contribution in [-0.2, 0) is 0 Å². The predicted molar refractivity (Wildman–Crippen MR) is 59.9 cm³/mol. The number of nitrogens with zero attached hydrogens (tertiary/aromatic N) is 1. The van der Waals surface area contributed by atoms with E-state index in [4.69, 9.17) is 0 Å². The monoisotopic (exact) mass is 189 g/mol. The topological polar surface area (TPSA) is 3.24 Å². The quantitative estimate of drug-likeness (QED) is 0.591. The molecule has 0 N–H and O–H groups in total. The lowest BCUT2D eigenvalue weighted by molar-refractivity contribution is 0.468. The normalized spacial score (nSPS) is 15.8. The molecule has 0 amide bonds. The Kier molecular flexibility index (Phi) is 4.59. The van der Waals surface area contributed by atoms with E-state index in [0.29, 0.717) is 4.66 Å². The Balaban J connectivity index is 4.09. The zero-order valence-electron chi connectivity index (χ0n) is 8.94. The van der Waals surface area contributed by atoms with Crippen molar-refractivity contribution in [2.24, 2.45) is 0 Å². The van der Waals surface area contributed by atoms with E-state index in [1.165, 1.54) is 23.3 Å². The van der Waals surface area contributed by atoms with Crippen LogP contribution in [0.3, 0.4) is 0 Å². The molecule has 11 heavy (non-hydrogen) atoms. The molecule has 68 valence electrons. The van der Waals surface area contributed by atoms with Gasteiger partial charge < -0.3 is 4.57 Å². The van der Waals surface area contributed by atoms with Crippen molar-refractivity contribution in [1.82, 2.24) is 4.57 Å². The molecule has 1 atom stereocenters. The lowest BCUT2D eigenvalue weighted by atomic mass is 10.5. The van der Waals surface area contributed by atoms with Gasteiger partial charge in [0.25, 0.3) is 0 Å². The van der Waals surface area contributed by atoms with Crippen molar-refractivity contribution < 1.29 is 0 Å². The zero-order valence-corrected chi connectivity index (χ0v) is 12.1. The summed E-state index contributed by atoms with van der Waals surface area (Å²) in [5.41, 5.74) is 0. The molecule has 0 aliphatic rings. The van der Waals surface area contributed by atoms with Gasteiger partial charge in [0, 0.05) is 10.2 Å². The second-order valence-corrected chi connectivity index (χ2v) is 11.8. The average molecular weight is 189 g/mol. The third-order valence-corrected chi connectivity index (χ3v) is 9.45. The molecule has 0 radical (unpaired) electrons. The van der Waals surface area contributed by atoms with Gasteiger partial charge in [0.2, 0.25) is 0 Å². The molecule has 0 rings (SSSR count). The summed E-state index contributed by atoms with van der Waals surface area (Å²) in [6, 6.07) is 0. The molecule has 0 aromatic rings. The van der Waals surface area contributed by atoms with Crippen LogP contribution >= 0.6 is 0 Å². The van der Waals surface area contributed by atoms with E-state index < -0.39 is 8.96 Å². The Bertz CT molecular complexity index is 105. The molecular formula is C8H23NSi2. The third kappa shape index (κ3) is 3.53. The van der Waals surface area contributed by atoms with Crippen LogP contribution in [0.2, 0.25) is 11.2 Å². The van der Waals surface area contributed by atoms with E-state index in [-0.39, 0.29) is 0 Å². The minimum absolute atomic E-state index is 0.610. The first-order valence-electron chi connectivity index (χ1n) is 4.67. The van der Waals surface area contributed by atoms with Crippen molar-refractivity contribution in [1.29, 1.82) is 0 Å². The molecule has 0 spiro atoms. The highest BCUT2D eigenvalue weighted by molar-refractivity contribution is 6.66. The molecule has 0 saturated carbocycles. The molecule has 1 unspecified atom stereocenters. The standard InChI is InChI=1S/C8H23NSi2/c1-6-9(7-2)11(5)8(3,4)10/h11H,6-7H2,1-5,10H3. The highest BCUT2D eigenvalue weighted by Gasteiger charge is 2.25. The van der Waals surface area contributed by atoms with Crippen LogP contribution in [0.5, 0.6) is 0 Å². The van der Waals surface area contributed by atoms with E-state index >= 15 is 0 Å². The van der Waals surface area contributed by atoms with Gasteiger partial charge in [0.1, 0.15) is 8.96 Å². The third-order valence-electron chi connectivity index (χ3n) is 2.61. The van der Waals surface area contributed by atoms with Gasteiger partial charge in [-0.25, -0.2) is 0 Å². The molecule has 0 aliphatic carbocycles. The molecule has 0 saturated heterocycles. The summed E-state index contributed by atoms with van der Waals surface area (Å²) in [5.74, 6) is 0. The first-order chi connectivity index (χ1) is 4.93. The first-order valence-corrected chi connectivity index (χ1v) is 7.92. The Labute approximate surface area is 76.3 Å². The smallest absolute Gasteiger partial charge is 0.110 e. The molecule has 0 aliphatic heterocycles. The summed E-state index contributed by atoms with van der Waals surface area (Å²) in [6.07, 6.45) is 0. The minimum atomic E-state index is -0.610. The highest BCUT2D eigenvalue weighted by atomic mass is 28.3. The highest BCUT2D eigenvalue weighted by Crippen LogP contribution is 2.24. The van der Waals surface area contributed by atoms with E-state index in [2.05, 4.69) is 38.8 Å². The Hall–Kier alpha value is 0.394. The van der Waals surface area contributed by atoms with Crippen LogP contribution < -0.4 is 0 Å². The van der Waals surface area contributed by atoms with Crippen LogP contribution in [0, 0.1) is 0 Å². The molecular weight excluding hydrogens is 166 g/mol. The second kappa shape index (κ2) is 4.43. The van der Waals surface area contributed by atoms with Gasteiger partial charge in [-0.2, -0.15) is 0 Å². The lowest BCUT2D eigenvalue weighted by Gasteiger charge is -2.35. The van der Waals surface area contributed by atoms with Crippen molar-refractivity contribution in [3.63, 3.8) is 0 Å². The van der Waals surface area contributed by atoms with Crippen LogP contribution in [0.25, 0.3) is 0 Å².